The van der Waals surface area contributed by atoms with Crippen LogP contribution >= 0.6 is 0 Å². The van der Waals surface area contributed by atoms with E-state index in [1.807, 2.05) is 13.1 Å². The number of hydrogen-bond donors (Lipinski definition) is 1. The Labute approximate surface area is 90.4 Å². The highest BCUT2D eigenvalue weighted by atomic mass is 32.2. The first-order chi connectivity index (χ1) is 7.05. The van der Waals surface area contributed by atoms with Crippen LogP contribution in [0, 0.1) is 0 Å². The van der Waals surface area contributed by atoms with Gasteiger partial charge in [-0.15, -0.1) is 0 Å². The highest BCUT2D eigenvalue weighted by molar-refractivity contribution is 7.91. The van der Waals surface area contributed by atoms with Crippen LogP contribution in [0.1, 0.15) is 12.6 Å². The number of hydrogen-bond acceptors (Lipinski definition) is 4. The summed E-state index contributed by atoms with van der Waals surface area (Å²) in [6.07, 6.45) is 1.72. The highest BCUT2D eigenvalue weighted by Gasteiger charge is 2.06. The molecule has 0 aliphatic carbocycles. The molecule has 0 unspecified atom stereocenters. The smallest absolute Gasteiger partial charge is 0.151 e. The third-order valence-corrected chi connectivity index (χ3v) is 3.96. The lowest BCUT2D eigenvalue weighted by molar-refractivity contribution is 0.588. The molecule has 1 rings (SSSR count). The molecule has 0 saturated heterocycles. The first-order valence-electron chi connectivity index (χ1n) is 4.93. The van der Waals surface area contributed by atoms with Crippen LogP contribution in [0.25, 0.3) is 0 Å². The summed E-state index contributed by atoms with van der Waals surface area (Å²) in [5.41, 5.74) is 1.05. The molecule has 0 aliphatic heterocycles. The molecule has 0 amide bonds. The zero-order valence-corrected chi connectivity index (χ0v) is 9.92. The SMILES string of the molecule is CCS(=O)(=O)CCNCc1ccnn1C. The maximum atomic E-state index is 11.2. The molecule has 5 nitrogen and oxygen atoms in total. The lowest BCUT2D eigenvalue weighted by Gasteiger charge is -2.04. The van der Waals surface area contributed by atoms with E-state index < -0.39 is 9.84 Å². The van der Waals surface area contributed by atoms with Crippen LogP contribution in [0.15, 0.2) is 12.3 Å². The molecule has 0 aliphatic rings. The van der Waals surface area contributed by atoms with Crippen molar-refractivity contribution in [3.05, 3.63) is 18.0 Å². The molecule has 1 heterocycles. The summed E-state index contributed by atoms with van der Waals surface area (Å²) in [7, 11) is -0.995. The van der Waals surface area contributed by atoms with Gasteiger partial charge in [0.2, 0.25) is 0 Å². The van der Waals surface area contributed by atoms with Gasteiger partial charge in [0.1, 0.15) is 0 Å². The number of sulfone groups is 1. The van der Waals surface area contributed by atoms with Crippen molar-refractivity contribution in [2.75, 3.05) is 18.1 Å². The summed E-state index contributed by atoms with van der Waals surface area (Å²) < 4.78 is 24.1. The van der Waals surface area contributed by atoms with Gasteiger partial charge in [0.05, 0.1) is 11.4 Å². The lowest BCUT2D eigenvalue weighted by Crippen LogP contribution is -2.24. The Morgan fingerprint density at radius 3 is 2.80 bits per heavy atom. The first kappa shape index (κ1) is 12.2. The van der Waals surface area contributed by atoms with Gasteiger partial charge in [-0.25, -0.2) is 8.42 Å². The van der Waals surface area contributed by atoms with E-state index in [4.69, 9.17) is 0 Å². The first-order valence-corrected chi connectivity index (χ1v) is 6.75. The van der Waals surface area contributed by atoms with Gasteiger partial charge in [0.25, 0.3) is 0 Å². The third kappa shape index (κ3) is 4.01. The lowest BCUT2D eigenvalue weighted by atomic mass is 10.4. The van der Waals surface area contributed by atoms with E-state index >= 15 is 0 Å². The third-order valence-electron chi connectivity index (χ3n) is 2.26. The van der Waals surface area contributed by atoms with Gasteiger partial charge in [-0.3, -0.25) is 4.68 Å². The Kier molecular flexibility index (Phi) is 4.28. The molecular weight excluding hydrogens is 214 g/mol. The van der Waals surface area contributed by atoms with Crippen LogP contribution in [0.5, 0.6) is 0 Å². The Balaban J connectivity index is 2.26. The summed E-state index contributed by atoms with van der Waals surface area (Å²) in [4.78, 5) is 0. The Bertz CT molecular complexity index is 397. The zero-order chi connectivity index (χ0) is 11.3. The summed E-state index contributed by atoms with van der Waals surface area (Å²) in [6.45, 7) is 2.80. The molecule has 0 bridgehead atoms. The van der Waals surface area contributed by atoms with E-state index in [0.29, 0.717) is 13.1 Å². The minimum absolute atomic E-state index is 0.196. The summed E-state index contributed by atoms with van der Waals surface area (Å²) >= 11 is 0. The quantitative estimate of drug-likeness (QED) is 0.697. The Morgan fingerprint density at radius 2 is 2.27 bits per heavy atom. The zero-order valence-electron chi connectivity index (χ0n) is 9.10. The molecule has 0 atom stereocenters. The van der Waals surface area contributed by atoms with E-state index in [0.717, 1.165) is 5.69 Å². The van der Waals surface area contributed by atoms with E-state index in [1.54, 1.807) is 17.8 Å². The van der Waals surface area contributed by atoms with Crippen LogP contribution in [0.2, 0.25) is 0 Å². The van der Waals surface area contributed by atoms with Crippen LogP contribution < -0.4 is 5.32 Å². The predicted molar refractivity (Wildman–Crippen MR) is 59.2 cm³/mol. The van der Waals surface area contributed by atoms with Gasteiger partial charge in [-0.2, -0.15) is 5.10 Å². The number of rotatable bonds is 6. The Hall–Kier alpha value is -0.880. The average molecular weight is 231 g/mol. The second kappa shape index (κ2) is 5.27. The number of nitrogens with zero attached hydrogens (tertiary/aromatic N) is 2. The van der Waals surface area contributed by atoms with Gasteiger partial charge in [-0.1, -0.05) is 6.92 Å². The standard InChI is InChI=1S/C9H17N3O2S/c1-3-15(13,14)7-6-10-8-9-4-5-11-12(9)2/h4-5,10H,3,6-8H2,1-2H3. The van der Waals surface area contributed by atoms with Crippen LogP contribution in [0.4, 0.5) is 0 Å². The normalized spacial score (nSPS) is 11.9. The number of nitrogens with one attached hydrogen (secondary N) is 1. The predicted octanol–water partition coefficient (Wildman–Crippen LogP) is -0.0556. The fraction of sp³-hybridized carbons (Fsp3) is 0.667. The molecule has 0 radical (unpaired) electrons. The molecule has 0 spiro atoms. The Morgan fingerprint density at radius 1 is 1.53 bits per heavy atom. The van der Waals surface area contributed by atoms with Crippen molar-refractivity contribution < 1.29 is 8.42 Å². The molecule has 1 aromatic rings. The van der Waals surface area contributed by atoms with Gasteiger partial charge >= 0.3 is 0 Å². The maximum Gasteiger partial charge on any atom is 0.151 e. The van der Waals surface area contributed by atoms with Crippen molar-refractivity contribution in [3.63, 3.8) is 0 Å². The van der Waals surface area contributed by atoms with Crippen molar-refractivity contribution in [2.24, 2.45) is 7.05 Å². The van der Waals surface area contributed by atoms with Gasteiger partial charge in [0.15, 0.2) is 9.84 Å². The molecular formula is C9H17N3O2S. The summed E-state index contributed by atoms with van der Waals surface area (Å²) in [6, 6.07) is 1.90. The van der Waals surface area contributed by atoms with Gasteiger partial charge in [-0.05, 0) is 6.07 Å². The largest absolute Gasteiger partial charge is 0.310 e. The molecule has 0 fully saturated rings. The average Bonchev–Trinajstić information content (AvgIpc) is 2.59. The number of aromatic nitrogens is 2. The number of aryl methyl sites for hydroxylation is 1. The van der Waals surface area contributed by atoms with Crippen LogP contribution in [-0.4, -0.2) is 36.2 Å². The second-order valence-electron chi connectivity index (χ2n) is 3.36. The minimum Gasteiger partial charge on any atom is -0.310 e. The minimum atomic E-state index is -2.86. The molecule has 1 aromatic heterocycles. The van der Waals surface area contributed by atoms with Crippen molar-refractivity contribution in [1.29, 1.82) is 0 Å². The van der Waals surface area contributed by atoms with Gasteiger partial charge in [0, 0.05) is 32.1 Å². The molecule has 1 N–H and O–H groups in total. The van der Waals surface area contributed by atoms with E-state index in [9.17, 15) is 8.42 Å². The van der Waals surface area contributed by atoms with Crippen molar-refractivity contribution in [3.8, 4) is 0 Å². The van der Waals surface area contributed by atoms with Crippen molar-refractivity contribution in [1.82, 2.24) is 15.1 Å². The topological polar surface area (TPSA) is 64.0 Å². The van der Waals surface area contributed by atoms with Crippen LogP contribution in [-0.2, 0) is 23.4 Å². The molecule has 0 saturated carbocycles. The monoisotopic (exact) mass is 231 g/mol. The van der Waals surface area contributed by atoms with E-state index in [-0.39, 0.29) is 11.5 Å². The van der Waals surface area contributed by atoms with Crippen molar-refractivity contribution >= 4 is 9.84 Å². The molecule has 6 heteroatoms. The molecule has 0 aromatic carbocycles. The highest BCUT2D eigenvalue weighted by Crippen LogP contribution is 1.95. The molecule has 86 valence electrons. The van der Waals surface area contributed by atoms with Crippen LogP contribution in [0.3, 0.4) is 0 Å². The summed E-state index contributed by atoms with van der Waals surface area (Å²) in [5, 5.41) is 7.10. The summed E-state index contributed by atoms with van der Waals surface area (Å²) in [5.74, 6) is 0.405. The van der Waals surface area contributed by atoms with Crippen molar-refractivity contribution in [2.45, 2.75) is 13.5 Å². The molecule has 15 heavy (non-hydrogen) atoms. The fourth-order valence-electron chi connectivity index (χ4n) is 1.16. The van der Waals surface area contributed by atoms with Gasteiger partial charge < -0.3 is 5.32 Å². The second-order valence-corrected chi connectivity index (χ2v) is 5.83. The van der Waals surface area contributed by atoms with E-state index in [1.165, 1.54) is 0 Å². The maximum absolute atomic E-state index is 11.2. The van der Waals surface area contributed by atoms with E-state index in [2.05, 4.69) is 10.4 Å². The fourth-order valence-corrected chi connectivity index (χ4v) is 1.91.